The van der Waals surface area contributed by atoms with E-state index in [2.05, 4.69) is 4.98 Å². The molecule has 0 atom stereocenters. The Bertz CT molecular complexity index is 958. The largest absolute Gasteiger partial charge is 0.493 e. The van der Waals surface area contributed by atoms with E-state index in [0.717, 1.165) is 17.7 Å². The lowest BCUT2D eigenvalue weighted by Crippen LogP contribution is -2.28. The van der Waals surface area contributed by atoms with Crippen LogP contribution in [0.15, 0.2) is 59.1 Å². The van der Waals surface area contributed by atoms with Gasteiger partial charge in [0.25, 0.3) is 0 Å². The van der Waals surface area contributed by atoms with E-state index >= 15 is 0 Å². The molecule has 0 bridgehead atoms. The molecule has 1 aromatic heterocycles. The second kappa shape index (κ2) is 10.3. The van der Waals surface area contributed by atoms with Crippen molar-refractivity contribution in [3.05, 3.63) is 70.7 Å². The number of aromatic nitrogens is 1. The van der Waals surface area contributed by atoms with Crippen molar-refractivity contribution in [3.8, 4) is 17.1 Å². The number of carbonyl (C=O) groups is 1. The van der Waals surface area contributed by atoms with Gasteiger partial charge in [-0.1, -0.05) is 41.4 Å². The van der Waals surface area contributed by atoms with Crippen LogP contribution in [0, 0.1) is 0 Å². The normalized spacial score (nSPS) is 10.7. The summed E-state index contributed by atoms with van der Waals surface area (Å²) in [7, 11) is 1.78. The summed E-state index contributed by atoms with van der Waals surface area (Å²) in [6.45, 7) is 1.12. The maximum Gasteiger partial charge on any atom is 0.222 e. The van der Waals surface area contributed by atoms with Gasteiger partial charge >= 0.3 is 0 Å². The Labute approximate surface area is 180 Å². The Morgan fingerprint density at radius 1 is 1.17 bits per heavy atom. The number of carbonyl (C=O) groups excluding carboxylic acids is 1. The van der Waals surface area contributed by atoms with Crippen LogP contribution in [0.4, 0.5) is 0 Å². The molecule has 2 aromatic carbocycles. The number of benzene rings is 2. The van der Waals surface area contributed by atoms with E-state index in [1.54, 1.807) is 36.3 Å². The number of aryl methyl sites for hydroxylation is 1. The summed E-state index contributed by atoms with van der Waals surface area (Å²) in [5.74, 6) is 1.88. The fraction of sp³-hybridized carbons (Fsp3) is 0.273. The van der Waals surface area contributed by atoms with Gasteiger partial charge in [0.1, 0.15) is 5.75 Å². The first-order chi connectivity index (χ1) is 14.0. The van der Waals surface area contributed by atoms with Crippen LogP contribution in [-0.4, -0.2) is 36.0 Å². The summed E-state index contributed by atoms with van der Waals surface area (Å²) in [6, 6.07) is 14.7. The fourth-order valence-corrected chi connectivity index (χ4v) is 3.20. The number of halogens is 2. The molecular formula is C22H22Cl2N2O3. The topological polar surface area (TPSA) is 55.6 Å². The molecule has 0 aliphatic rings. The number of amides is 1. The summed E-state index contributed by atoms with van der Waals surface area (Å²) in [5, 5.41) is 1.24. The zero-order valence-corrected chi connectivity index (χ0v) is 17.6. The van der Waals surface area contributed by atoms with E-state index in [1.807, 2.05) is 30.3 Å². The molecule has 152 valence electrons. The summed E-state index contributed by atoms with van der Waals surface area (Å²) in [5.41, 5.74) is 0.788. The minimum Gasteiger partial charge on any atom is -0.493 e. The molecule has 5 nitrogen and oxygen atoms in total. The molecule has 3 rings (SSSR count). The van der Waals surface area contributed by atoms with Gasteiger partial charge in [-0.15, -0.1) is 0 Å². The second-order valence-electron chi connectivity index (χ2n) is 6.57. The van der Waals surface area contributed by atoms with Crippen LogP contribution in [0.5, 0.6) is 5.75 Å². The Kier molecular flexibility index (Phi) is 7.55. The van der Waals surface area contributed by atoms with Crippen LogP contribution in [-0.2, 0) is 11.2 Å². The molecule has 0 fully saturated rings. The predicted octanol–water partition coefficient (Wildman–Crippen LogP) is 5.51. The monoisotopic (exact) mass is 432 g/mol. The van der Waals surface area contributed by atoms with Gasteiger partial charge in [0.05, 0.1) is 17.8 Å². The molecular weight excluding hydrogens is 411 g/mol. The first kappa shape index (κ1) is 21.2. The number of hydrogen-bond acceptors (Lipinski definition) is 4. The highest BCUT2D eigenvalue weighted by atomic mass is 35.5. The predicted molar refractivity (Wildman–Crippen MR) is 114 cm³/mol. The van der Waals surface area contributed by atoms with Crippen molar-refractivity contribution >= 4 is 29.1 Å². The lowest BCUT2D eigenvalue weighted by molar-refractivity contribution is -0.130. The highest BCUT2D eigenvalue weighted by Crippen LogP contribution is 2.28. The van der Waals surface area contributed by atoms with Gasteiger partial charge in [0.15, 0.2) is 11.7 Å². The third kappa shape index (κ3) is 6.24. The van der Waals surface area contributed by atoms with E-state index in [1.165, 1.54) is 0 Å². The summed E-state index contributed by atoms with van der Waals surface area (Å²) in [4.78, 5) is 18.3. The number of rotatable bonds is 9. The molecule has 0 aliphatic heterocycles. The number of ether oxygens (including phenoxy) is 1. The smallest absolute Gasteiger partial charge is 0.222 e. The second-order valence-corrected chi connectivity index (χ2v) is 7.42. The van der Waals surface area contributed by atoms with E-state index < -0.39 is 0 Å². The molecule has 0 radical (unpaired) electrons. The quantitative estimate of drug-likeness (QED) is 0.418. The van der Waals surface area contributed by atoms with Gasteiger partial charge < -0.3 is 14.1 Å². The molecule has 1 heterocycles. The fourth-order valence-electron chi connectivity index (χ4n) is 2.79. The van der Waals surface area contributed by atoms with Gasteiger partial charge in [0.2, 0.25) is 5.91 Å². The number of hydrogen-bond donors (Lipinski definition) is 0. The molecule has 0 saturated carbocycles. The molecule has 29 heavy (non-hydrogen) atoms. The zero-order valence-electron chi connectivity index (χ0n) is 16.1. The van der Waals surface area contributed by atoms with Gasteiger partial charge in [-0.05, 0) is 36.8 Å². The van der Waals surface area contributed by atoms with Gasteiger partial charge in [-0.2, -0.15) is 0 Å². The maximum absolute atomic E-state index is 12.3. The first-order valence-corrected chi connectivity index (χ1v) is 10.1. The van der Waals surface area contributed by atoms with E-state index in [4.69, 9.17) is 32.4 Å². The SMILES string of the molecule is CN(CCCOc1cccc(Cl)c1)C(=O)CCc1ncc(-c2ccccc2Cl)o1. The lowest BCUT2D eigenvalue weighted by atomic mass is 10.2. The maximum atomic E-state index is 12.3. The Balaban J connectivity index is 1.40. The average Bonchev–Trinajstić information content (AvgIpc) is 3.18. The molecule has 0 spiro atoms. The van der Waals surface area contributed by atoms with E-state index in [0.29, 0.717) is 47.7 Å². The molecule has 1 amide bonds. The third-order valence-electron chi connectivity index (χ3n) is 4.37. The first-order valence-electron chi connectivity index (χ1n) is 9.35. The van der Waals surface area contributed by atoms with Crippen molar-refractivity contribution in [2.75, 3.05) is 20.2 Å². The Hall–Kier alpha value is -2.50. The Morgan fingerprint density at radius 2 is 2.00 bits per heavy atom. The van der Waals surface area contributed by atoms with E-state index in [-0.39, 0.29) is 5.91 Å². The van der Waals surface area contributed by atoms with Crippen LogP contribution < -0.4 is 4.74 Å². The molecule has 0 N–H and O–H groups in total. The van der Waals surface area contributed by atoms with Crippen LogP contribution in [0.3, 0.4) is 0 Å². The van der Waals surface area contributed by atoms with Crippen molar-refractivity contribution in [3.63, 3.8) is 0 Å². The van der Waals surface area contributed by atoms with Crippen LogP contribution >= 0.6 is 23.2 Å². The summed E-state index contributed by atoms with van der Waals surface area (Å²) < 4.78 is 11.4. The summed E-state index contributed by atoms with van der Waals surface area (Å²) in [6.07, 6.45) is 3.13. The van der Waals surface area contributed by atoms with Crippen LogP contribution in [0.25, 0.3) is 11.3 Å². The van der Waals surface area contributed by atoms with Gasteiger partial charge in [0, 0.05) is 37.0 Å². The number of nitrogens with zero attached hydrogens (tertiary/aromatic N) is 2. The average molecular weight is 433 g/mol. The van der Waals surface area contributed by atoms with Crippen LogP contribution in [0.2, 0.25) is 10.0 Å². The van der Waals surface area contributed by atoms with Crippen molar-refractivity contribution in [1.29, 1.82) is 0 Å². The molecule has 3 aromatic rings. The lowest BCUT2D eigenvalue weighted by Gasteiger charge is -2.17. The Morgan fingerprint density at radius 3 is 2.79 bits per heavy atom. The minimum atomic E-state index is 0.0326. The molecule has 0 aliphatic carbocycles. The van der Waals surface area contributed by atoms with Gasteiger partial charge in [-0.3, -0.25) is 4.79 Å². The standard InChI is InChI=1S/C22H22Cl2N2O3/c1-26(12-5-13-28-17-7-4-6-16(23)14-17)22(27)11-10-21-25-15-20(29-21)18-8-2-3-9-19(18)24/h2-4,6-9,14-15H,5,10-13H2,1H3. The molecule has 0 saturated heterocycles. The van der Waals surface area contributed by atoms with Crippen LogP contribution in [0.1, 0.15) is 18.7 Å². The highest BCUT2D eigenvalue weighted by Gasteiger charge is 2.13. The van der Waals surface area contributed by atoms with Gasteiger partial charge in [-0.25, -0.2) is 4.98 Å². The minimum absolute atomic E-state index is 0.0326. The van der Waals surface area contributed by atoms with Crippen molar-refractivity contribution < 1.29 is 13.9 Å². The molecule has 0 unspecified atom stereocenters. The van der Waals surface area contributed by atoms with E-state index in [9.17, 15) is 4.79 Å². The highest BCUT2D eigenvalue weighted by molar-refractivity contribution is 6.33. The molecule has 7 heteroatoms. The number of oxazole rings is 1. The third-order valence-corrected chi connectivity index (χ3v) is 4.94. The summed E-state index contributed by atoms with van der Waals surface area (Å²) >= 11 is 12.1. The van der Waals surface area contributed by atoms with Crippen molar-refractivity contribution in [2.24, 2.45) is 0 Å². The van der Waals surface area contributed by atoms with Crippen molar-refractivity contribution in [1.82, 2.24) is 9.88 Å². The zero-order chi connectivity index (χ0) is 20.6. The van der Waals surface area contributed by atoms with Crippen molar-refractivity contribution in [2.45, 2.75) is 19.3 Å².